The summed E-state index contributed by atoms with van der Waals surface area (Å²) in [5.41, 5.74) is 5.75. The zero-order chi connectivity index (χ0) is 13.1. The van der Waals surface area contributed by atoms with Gasteiger partial charge in [-0.1, -0.05) is 6.92 Å². The Morgan fingerprint density at radius 2 is 2.11 bits per heavy atom. The van der Waals surface area contributed by atoms with Crippen LogP contribution >= 0.6 is 0 Å². The molecule has 2 N–H and O–H groups in total. The molecule has 100 valence electrons. The van der Waals surface area contributed by atoms with Gasteiger partial charge in [-0.05, 0) is 26.9 Å². The molecule has 0 bridgehead atoms. The zero-order valence-corrected chi connectivity index (χ0v) is 11.4. The van der Waals surface area contributed by atoms with E-state index in [4.69, 9.17) is 5.73 Å². The molecule has 1 aromatic rings. The zero-order valence-electron chi connectivity index (χ0n) is 11.4. The van der Waals surface area contributed by atoms with Crippen LogP contribution in [0.2, 0.25) is 0 Å². The molecule has 6 heteroatoms. The highest BCUT2D eigenvalue weighted by Crippen LogP contribution is 2.19. The lowest BCUT2D eigenvalue weighted by Gasteiger charge is -2.20. The van der Waals surface area contributed by atoms with Crippen LogP contribution in [0, 0.1) is 0 Å². The summed E-state index contributed by atoms with van der Waals surface area (Å²) < 4.78 is 0. The number of likely N-dealkylation sites (N-methyl/N-ethyl adjacent to an activating group) is 1. The van der Waals surface area contributed by atoms with E-state index in [0.29, 0.717) is 12.0 Å². The fraction of sp³-hybridized carbons (Fsp3) is 0.750. The highest BCUT2D eigenvalue weighted by molar-refractivity contribution is 5.36. The maximum atomic E-state index is 5.75. The van der Waals surface area contributed by atoms with Gasteiger partial charge in [-0.2, -0.15) is 15.0 Å². The normalized spacial score (nSPS) is 19.8. The number of nitrogens with zero attached hydrogens (tertiary/aromatic N) is 5. The van der Waals surface area contributed by atoms with Crippen molar-refractivity contribution in [1.82, 2.24) is 19.9 Å². The Balaban J connectivity index is 2.13. The monoisotopic (exact) mass is 250 g/mol. The van der Waals surface area contributed by atoms with Crippen molar-refractivity contribution in [2.24, 2.45) is 0 Å². The molecule has 1 fully saturated rings. The first kappa shape index (κ1) is 13.0. The molecule has 1 aliphatic heterocycles. The summed E-state index contributed by atoms with van der Waals surface area (Å²) in [6.07, 6.45) is 3.01. The van der Waals surface area contributed by atoms with Gasteiger partial charge in [0.15, 0.2) is 0 Å². The van der Waals surface area contributed by atoms with Crippen molar-refractivity contribution in [3.8, 4) is 0 Å². The quantitative estimate of drug-likeness (QED) is 0.841. The molecule has 0 saturated carbocycles. The molecule has 1 atom stereocenters. The van der Waals surface area contributed by atoms with Crippen LogP contribution in [0.5, 0.6) is 0 Å². The van der Waals surface area contributed by atoms with Crippen LogP contribution in [-0.2, 0) is 6.42 Å². The van der Waals surface area contributed by atoms with E-state index in [2.05, 4.69) is 45.8 Å². The van der Waals surface area contributed by atoms with Gasteiger partial charge in [0.25, 0.3) is 0 Å². The fourth-order valence-electron chi connectivity index (χ4n) is 2.25. The minimum atomic E-state index is 0.330. The summed E-state index contributed by atoms with van der Waals surface area (Å²) in [5.74, 6) is 1.86. The molecule has 0 spiro atoms. The Bertz CT molecular complexity index is 406. The third-order valence-corrected chi connectivity index (χ3v) is 3.34. The van der Waals surface area contributed by atoms with E-state index >= 15 is 0 Å². The first-order chi connectivity index (χ1) is 8.60. The van der Waals surface area contributed by atoms with Crippen molar-refractivity contribution in [3.63, 3.8) is 0 Å². The van der Waals surface area contributed by atoms with E-state index < -0.39 is 0 Å². The Kier molecular flexibility index (Phi) is 3.96. The molecular weight excluding hydrogens is 228 g/mol. The predicted octanol–water partition coefficient (Wildman–Crippen LogP) is 0.547. The molecule has 18 heavy (non-hydrogen) atoms. The molecule has 2 heterocycles. The van der Waals surface area contributed by atoms with E-state index in [1.165, 1.54) is 0 Å². The second-order valence-electron chi connectivity index (χ2n) is 5.01. The molecule has 1 aliphatic rings. The summed E-state index contributed by atoms with van der Waals surface area (Å²) >= 11 is 0. The van der Waals surface area contributed by atoms with Gasteiger partial charge in [0.05, 0.1) is 0 Å². The smallest absolute Gasteiger partial charge is 0.230 e. The standard InChI is InChI=1S/C12H22N6/c1-4-5-10-14-11(13)16-12(15-10)18-7-6-9(8-18)17(2)3/h9H,4-8H2,1-3H3,(H2,13,14,15,16). The predicted molar refractivity (Wildman–Crippen MR) is 72.5 cm³/mol. The first-order valence-electron chi connectivity index (χ1n) is 6.52. The molecular formula is C12H22N6. The van der Waals surface area contributed by atoms with E-state index in [1.807, 2.05) is 0 Å². The van der Waals surface area contributed by atoms with Gasteiger partial charge in [0.1, 0.15) is 5.82 Å². The summed E-state index contributed by atoms with van der Waals surface area (Å²) in [7, 11) is 4.22. The summed E-state index contributed by atoms with van der Waals surface area (Å²) in [4.78, 5) is 17.4. The molecule has 0 amide bonds. The summed E-state index contributed by atoms with van der Waals surface area (Å²) in [6, 6.07) is 0.567. The average molecular weight is 250 g/mol. The molecule has 0 radical (unpaired) electrons. The van der Waals surface area contributed by atoms with Crippen molar-refractivity contribution in [3.05, 3.63) is 5.82 Å². The Labute approximate surface area is 108 Å². The third kappa shape index (κ3) is 2.87. The van der Waals surface area contributed by atoms with Crippen LogP contribution in [0.25, 0.3) is 0 Å². The third-order valence-electron chi connectivity index (χ3n) is 3.34. The Morgan fingerprint density at radius 3 is 2.72 bits per heavy atom. The van der Waals surface area contributed by atoms with Gasteiger partial charge in [-0.15, -0.1) is 0 Å². The lowest BCUT2D eigenvalue weighted by Crippen LogP contribution is -2.32. The number of aromatic nitrogens is 3. The van der Waals surface area contributed by atoms with E-state index in [1.54, 1.807) is 0 Å². The average Bonchev–Trinajstić information content (AvgIpc) is 2.78. The van der Waals surface area contributed by atoms with Crippen molar-refractivity contribution in [2.75, 3.05) is 37.8 Å². The number of hydrogen-bond donors (Lipinski definition) is 1. The van der Waals surface area contributed by atoms with Crippen molar-refractivity contribution >= 4 is 11.9 Å². The number of aryl methyl sites for hydroxylation is 1. The lowest BCUT2D eigenvalue weighted by atomic mass is 10.2. The molecule has 0 aromatic carbocycles. The van der Waals surface area contributed by atoms with Crippen LogP contribution in [0.1, 0.15) is 25.6 Å². The van der Waals surface area contributed by atoms with E-state index in [0.717, 1.165) is 44.1 Å². The van der Waals surface area contributed by atoms with Crippen molar-refractivity contribution in [2.45, 2.75) is 32.2 Å². The van der Waals surface area contributed by atoms with Gasteiger partial charge in [0, 0.05) is 25.6 Å². The fourth-order valence-corrected chi connectivity index (χ4v) is 2.25. The Hall–Kier alpha value is -1.43. The highest BCUT2D eigenvalue weighted by atomic mass is 15.3. The lowest BCUT2D eigenvalue weighted by molar-refractivity contribution is 0.315. The van der Waals surface area contributed by atoms with E-state index in [-0.39, 0.29) is 0 Å². The molecule has 1 unspecified atom stereocenters. The summed E-state index contributed by atoms with van der Waals surface area (Å²) in [5, 5.41) is 0. The van der Waals surface area contributed by atoms with Gasteiger partial charge in [0.2, 0.25) is 11.9 Å². The molecule has 2 rings (SSSR count). The molecule has 1 saturated heterocycles. The molecule has 1 aromatic heterocycles. The van der Waals surface area contributed by atoms with Crippen LogP contribution in [0.3, 0.4) is 0 Å². The number of nitrogens with two attached hydrogens (primary N) is 1. The topological polar surface area (TPSA) is 71.2 Å². The maximum Gasteiger partial charge on any atom is 0.230 e. The first-order valence-corrected chi connectivity index (χ1v) is 6.52. The number of nitrogen functional groups attached to an aromatic ring is 1. The molecule has 0 aliphatic carbocycles. The minimum absolute atomic E-state index is 0.330. The Morgan fingerprint density at radius 1 is 1.33 bits per heavy atom. The second kappa shape index (κ2) is 5.48. The van der Waals surface area contributed by atoms with Crippen molar-refractivity contribution in [1.29, 1.82) is 0 Å². The second-order valence-corrected chi connectivity index (χ2v) is 5.01. The van der Waals surface area contributed by atoms with Crippen LogP contribution in [-0.4, -0.2) is 53.1 Å². The van der Waals surface area contributed by atoms with Gasteiger partial charge < -0.3 is 15.5 Å². The summed E-state index contributed by atoms with van der Waals surface area (Å²) in [6.45, 7) is 4.05. The van der Waals surface area contributed by atoms with Gasteiger partial charge in [-0.3, -0.25) is 0 Å². The highest BCUT2D eigenvalue weighted by Gasteiger charge is 2.26. The molecule has 6 nitrogen and oxygen atoms in total. The van der Waals surface area contributed by atoms with Crippen LogP contribution in [0.15, 0.2) is 0 Å². The van der Waals surface area contributed by atoms with Gasteiger partial charge in [-0.25, -0.2) is 0 Å². The van der Waals surface area contributed by atoms with Gasteiger partial charge >= 0.3 is 0 Å². The SMILES string of the molecule is CCCc1nc(N)nc(N2CCC(N(C)C)C2)n1. The largest absolute Gasteiger partial charge is 0.368 e. The number of hydrogen-bond acceptors (Lipinski definition) is 6. The van der Waals surface area contributed by atoms with Crippen molar-refractivity contribution < 1.29 is 0 Å². The van der Waals surface area contributed by atoms with Crippen LogP contribution < -0.4 is 10.6 Å². The maximum absolute atomic E-state index is 5.75. The minimum Gasteiger partial charge on any atom is -0.368 e. The number of rotatable bonds is 4. The number of anilines is 2. The van der Waals surface area contributed by atoms with Crippen LogP contribution in [0.4, 0.5) is 11.9 Å². The van der Waals surface area contributed by atoms with E-state index in [9.17, 15) is 0 Å².